The monoisotopic (exact) mass is 449 g/mol. The van der Waals surface area contributed by atoms with Crippen LogP contribution in [0.15, 0.2) is 54.6 Å². The minimum absolute atomic E-state index is 0.210. The first-order valence-electron chi connectivity index (χ1n) is 11.0. The highest BCUT2D eigenvalue weighted by Crippen LogP contribution is 2.24. The standard InChI is InChI=1S/C26H31N3O4/c1-5-22(29-23(30)20-14-12-19(17-27)13-15-20)26(3,4)25(32)28-21(24(31)33-6-2)16-18-10-8-7-9-11-18/h7-15,21-22H,5-6,16H2,1-4H3,(H,28,32)(H,29,30)/t21-,22?/m0/s1. The van der Waals surface area contributed by atoms with Gasteiger partial charge in [-0.25, -0.2) is 4.79 Å². The minimum Gasteiger partial charge on any atom is -0.464 e. The first-order chi connectivity index (χ1) is 15.7. The van der Waals surface area contributed by atoms with Gasteiger partial charge in [0, 0.05) is 18.0 Å². The van der Waals surface area contributed by atoms with Gasteiger partial charge >= 0.3 is 5.97 Å². The lowest BCUT2D eigenvalue weighted by atomic mass is 9.81. The van der Waals surface area contributed by atoms with Gasteiger partial charge in [0.1, 0.15) is 6.04 Å². The Bertz CT molecular complexity index is 994. The average molecular weight is 450 g/mol. The van der Waals surface area contributed by atoms with E-state index < -0.39 is 23.5 Å². The van der Waals surface area contributed by atoms with Gasteiger partial charge in [0.05, 0.1) is 23.7 Å². The Morgan fingerprint density at radius 2 is 1.64 bits per heavy atom. The van der Waals surface area contributed by atoms with Crippen LogP contribution < -0.4 is 10.6 Å². The second-order valence-electron chi connectivity index (χ2n) is 8.31. The van der Waals surface area contributed by atoms with Crippen LogP contribution in [0.3, 0.4) is 0 Å². The van der Waals surface area contributed by atoms with E-state index in [1.54, 1.807) is 45.0 Å². The van der Waals surface area contributed by atoms with E-state index in [0.29, 0.717) is 24.0 Å². The number of rotatable bonds is 10. The lowest BCUT2D eigenvalue weighted by Gasteiger charge is -2.34. The third-order valence-corrected chi connectivity index (χ3v) is 5.61. The van der Waals surface area contributed by atoms with E-state index in [4.69, 9.17) is 10.00 Å². The Morgan fingerprint density at radius 1 is 1.00 bits per heavy atom. The van der Waals surface area contributed by atoms with Crippen molar-refractivity contribution < 1.29 is 19.1 Å². The van der Waals surface area contributed by atoms with Gasteiger partial charge in [0.2, 0.25) is 5.91 Å². The number of carbonyl (C=O) groups excluding carboxylic acids is 3. The van der Waals surface area contributed by atoms with Gasteiger partial charge in [-0.15, -0.1) is 0 Å². The molecule has 33 heavy (non-hydrogen) atoms. The molecule has 2 aromatic rings. The summed E-state index contributed by atoms with van der Waals surface area (Å²) < 4.78 is 5.17. The highest BCUT2D eigenvalue weighted by atomic mass is 16.5. The fourth-order valence-corrected chi connectivity index (χ4v) is 3.52. The summed E-state index contributed by atoms with van der Waals surface area (Å²) >= 11 is 0. The Balaban J connectivity index is 2.15. The molecule has 0 aliphatic rings. The van der Waals surface area contributed by atoms with E-state index in [1.807, 2.05) is 43.3 Å². The minimum atomic E-state index is -1.00. The molecule has 0 heterocycles. The fourth-order valence-electron chi connectivity index (χ4n) is 3.52. The fraction of sp³-hybridized carbons (Fsp3) is 0.385. The summed E-state index contributed by atoms with van der Waals surface area (Å²) in [7, 11) is 0. The second-order valence-corrected chi connectivity index (χ2v) is 8.31. The molecule has 0 fully saturated rings. The largest absolute Gasteiger partial charge is 0.464 e. The van der Waals surface area contributed by atoms with Crippen LogP contribution in [0.25, 0.3) is 0 Å². The molecule has 0 saturated heterocycles. The van der Waals surface area contributed by atoms with E-state index in [2.05, 4.69) is 10.6 Å². The molecule has 7 nitrogen and oxygen atoms in total. The van der Waals surface area contributed by atoms with Crippen molar-refractivity contribution in [3.8, 4) is 6.07 Å². The number of benzene rings is 2. The van der Waals surface area contributed by atoms with Gasteiger partial charge in [0.15, 0.2) is 0 Å². The summed E-state index contributed by atoms with van der Waals surface area (Å²) in [4.78, 5) is 38.5. The molecular formula is C26H31N3O4. The van der Waals surface area contributed by atoms with E-state index in [1.165, 1.54) is 0 Å². The maximum atomic E-state index is 13.3. The third-order valence-electron chi connectivity index (χ3n) is 5.61. The molecule has 0 spiro atoms. The Hall–Kier alpha value is -3.66. The molecule has 0 bridgehead atoms. The van der Waals surface area contributed by atoms with E-state index in [-0.39, 0.29) is 18.4 Å². The zero-order valence-electron chi connectivity index (χ0n) is 19.6. The predicted molar refractivity (Wildman–Crippen MR) is 125 cm³/mol. The highest BCUT2D eigenvalue weighted by Gasteiger charge is 2.39. The topological polar surface area (TPSA) is 108 Å². The number of nitrogens with zero attached hydrogens (tertiary/aromatic N) is 1. The summed E-state index contributed by atoms with van der Waals surface area (Å²) in [6, 6.07) is 16.4. The van der Waals surface area contributed by atoms with Crippen LogP contribution in [-0.4, -0.2) is 36.5 Å². The SMILES string of the molecule is CCOC(=O)[C@H](Cc1ccccc1)NC(=O)C(C)(C)C(CC)NC(=O)c1ccc(C#N)cc1. The van der Waals surface area contributed by atoms with Crippen molar-refractivity contribution in [2.45, 2.75) is 52.6 Å². The number of esters is 1. The zero-order chi connectivity index (χ0) is 24.4. The van der Waals surface area contributed by atoms with Crippen LogP contribution >= 0.6 is 0 Å². The molecule has 0 aliphatic carbocycles. The molecular weight excluding hydrogens is 418 g/mol. The average Bonchev–Trinajstić information content (AvgIpc) is 2.82. The Kier molecular flexibility index (Phi) is 9.17. The first-order valence-corrected chi connectivity index (χ1v) is 11.0. The molecule has 2 rings (SSSR count). The number of carbonyl (C=O) groups is 3. The summed E-state index contributed by atoms with van der Waals surface area (Å²) in [5, 5.41) is 14.7. The van der Waals surface area contributed by atoms with Crippen LogP contribution in [0.4, 0.5) is 0 Å². The van der Waals surface area contributed by atoms with Gasteiger partial charge in [-0.05, 0) is 57.0 Å². The quantitative estimate of drug-likeness (QED) is 0.541. The number of amides is 2. The van der Waals surface area contributed by atoms with Gasteiger partial charge in [-0.2, -0.15) is 5.26 Å². The zero-order valence-corrected chi connectivity index (χ0v) is 19.6. The van der Waals surface area contributed by atoms with Crippen molar-refractivity contribution >= 4 is 17.8 Å². The van der Waals surface area contributed by atoms with Crippen molar-refractivity contribution in [2.75, 3.05) is 6.61 Å². The van der Waals surface area contributed by atoms with E-state index >= 15 is 0 Å². The molecule has 7 heteroatoms. The first kappa shape index (κ1) is 25.6. The lowest BCUT2D eigenvalue weighted by Crippen LogP contribution is -2.55. The van der Waals surface area contributed by atoms with Gasteiger partial charge in [-0.3, -0.25) is 9.59 Å². The molecule has 2 N–H and O–H groups in total. The van der Waals surface area contributed by atoms with Crippen LogP contribution in [0.5, 0.6) is 0 Å². The lowest BCUT2D eigenvalue weighted by molar-refractivity contribution is -0.148. The molecule has 0 radical (unpaired) electrons. The smallest absolute Gasteiger partial charge is 0.328 e. The second kappa shape index (κ2) is 11.8. The van der Waals surface area contributed by atoms with Crippen molar-refractivity contribution in [1.29, 1.82) is 5.26 Å². The summed E-state index contributed by atoms with van der Waals surface area (Å²) in [5.41, 5.74) is 0.756. The van der Waals surface area contributed by atoms with Crippen LogP contribution in [0, 0.1) is 16.7 Å². The van der Waals surface area contributed by atoms with Crippen LogP contribution in [0.1, 0.15) is 55.6 Å². The van der Waals surface area contributed by atoms with Crippen LogP contribution in [-0.2, 0) is 20.7 Å². The van der Waals surface area contributed by atoms with Crippen molar-refractivity contribution in [3.63, 3.8) is 0 Å². The summed E-state index contributed by atoms with van der Waals surface area (Å²) in [6.07, 6.45) is 0.807. The molecule has 1 unspecified atom stereocenters. The van der Waals surface area contributed by atoms with Crippen molar-refractivity contribution in [2.24, 2.45) is 5.41 Å². The molecule has 2 amide bonds. The Morgan fingerprint density at radius 3 is 2.18 bits per heavy atom. The normalized spacial score (nSPS) is 12.7. The number of ether oxygens (including phenoxy) is 1. The maximum Gasteiger partial charge on any atom is 0.328 e. The maximum absolute atomic E-state index is 13.3. The highest BCUT2D eigenvalue weighted by molar-refractivity contribution is 5.95. The summed E-state index contributed by atoms with van der Waals surface area (Å²) in [5.74, 6) is -1.19. The number of hydrogen-bond donors (Lipinski definition) is 2. The molecule has 0 saturated carbocycles. The van der Waals surface area contributed by atoms with Crippen LogP contribution in [0.2, 0.25) is 0 Å². The van der Waals surface area contributed by atoms with Gasteiger partial charge in [0.25, 0.3) is 5.91 Å². The van der Waals surface area contributed by atoms with Gasteiger partial charge < -0.3 is 15.4 Å². The summed E-state index contributed by atoms with van der Waals surface area (Å²) in [6.45, 7) is 7.28. The van der Waals surface area contributed by atoms with Gasteiger partial charge in [-0.1, -0.05) is 37.3 Å². The van der Waals surface area contributed by atoms with E-state index in [9.17, 15) is 14.4 Å². The number of hydrogen-bond acceptors (Lipinski definition) is 5. The molecule has 174 valence electrons. The molecule has 2 aromatic carbocycles. The predicted octanol–water partition coefficient (Wildman–Crippen LogP) is 3.38. The van der Waals surface area contributed by atoms with Crippen molar-refractivity contribution in [1.82, 2.24) is 10.6 Å². The Labute approximate surface area is 195 Å². The third kappa shape index (κ3) is 6.91. The number of nitriles is 1. The number of nitrogens with one attached hydrogen (secondary N) is 2. The molecule has 2 atom stereocenters. The van der Waals surface area contributed by atoms with Crippen molar-refractivity contribution in [3.05, 3.63) is 71.3 Å². The molecule has 0 aromatic heterocycles. The van der Waals surface area contributed by atoms with E-state index in [0.717, 1.165) is 5.56 Å². The molecule has 0 aliphatic heterocycles.